The molecule has 1 aromatic heterocycles. The van der Waals surface area contributed by atoms with Crippen LogP contribution in [0.3, 0.4) is 0 Å². The molecule has 1 aliphatic rings. The summed E-state index contributed by atoms with van der Waals surface area (Å²) in [5.41, 5.74) is 1.93. The van der Waals surface area contributed by atoms with Gasteiger partial charge in [-0.15, -0.1) is 0 Å². The number of Topliss-reactive ketones (excluding diaryl/α,β-unsaturated/α-hetero) is 2. The Morgan fingerprint density at radius 3 is 2.12 bits per heavy atom. The van der Waals surface area contributed by atoms with Gasteiger partial charge in [0.2, 0.25) is 15.8 Å². The largest absolute Gasteiger partial charge is 0.451 e. The topological polar surface area (TPSA) is 114 Å². The Kier molecular flexibility index (Phi) is 7.47. The molecule has 34 heavy (non-hydrogen) atoms. The number of carbonyl (C=O) groups excluding carboxylic acids is 3. The third-order valence-corrected chi connectivity index (χ3v) is 8.10. The third kappa shape index (κ3) is 5.15. The third-order valence-electron chi connectivity index (χ3n) is 6.25. The van der Waals surface area contributed by atoms with Gasteiger partial charge in [-0.05, 0) is 75.8 Å². The lowest BCUT2D eigenvalue weighted by atomic mass is 9.94. The van der Waals surface area contributed by atoms with Crippen LogP contribution >= 0.6 is 0 Å². The summed E-state index contributed by atoms with van der Waals surface area (Å²) in [6.07, 6.45) is -0.102. The number of carbonyl (C=O) groups is 3. The van der Waals surface area contributed by atoms with Crippen molar-refractivity contribution < 1.29 is 27.5 Å². The summed E-state index contributed by atoms with van der Waals surface area (Å²) in [4.78, 5) is 40.3. The summed E-state index contributed by atoms with van der Waals surface area (Å²) >= 11 is 0. The van der Waals surface area contributed by atoms with Gasteiger partial charge in [0, 0.05) is 24.3 Å². The van der Waals surface area contributed by atoms with Crippen molar-refractivity contribution in [2.75, 3.05) is 13.1 Å². The molecule has 184 valence electrons. The molecule has 2 aromatic rings. The smallest absolute Gasteiger partial charge is 0.338 e. The highest BCUT2D eigenvalue weighted by molar-refractivity contribution is 7.89. The molecule has 0 spiro atoms. The Morgan fingerprint density at radius 2 is 1.62 bits per heavy atom. The van der Waals surface area contributed by atoms with Gasteiger partial charge in [-0.2, -0.15) is 4.31 Å². The molecule has 1 aliphatic heterocycles. The Morgan fingerprint density at radius 1 is 1.06 bits per heavy atom. The number of rotatable bonds is 7. The summed E-state index contributed by atoms with van der Waals surface area (Å²) < 4.78 is 32.9. The Labute approximate surface area is 200 Å². The molecule has 3 rings (SSSR count). The van der Waals surface area contributed by atoms with Crippen LogP contribution in [0, 0.1) is 25.7 Å². The summed E-state index contributed by atoms with van der Waals surface area (Å²) in [5, 5.41) is 0. The molecule has 1 saturated heterocycles. The second kappa shape index (κ2) is 9.84. The minimum absolute atomic E-state index is 0.115. The van der Waals surface area contributed by atoms with Crippen LogP contribution in [0.4, 0.5) is 0 Å². The van der Waals surface area contributed by atoms with Crippen LogP contribution in [-0.2, 0) is 14.8 Å². The predicted molar refractivity (Wildman–Crippen MR) is 128 cm³/mol. The van der Waals surface area contributed by atoms with Gasteiger partial charge in [0.25, 0.3) is 0 Å². The van der Waals surface area contributed by atoms with Crippen molar-refractivity contribution in [2.24, 2.45) is 11.8 Å². The standard InChI is InChI=1S/C25H32N2O6S/c1-14-11-15(2)13-27(12-14)34(31,32)21-9-7-20(8-10-21)25(30)33-19(6)24(29)23-16(3)22(18(5)28)17(4)26-23/h7-10,14-15,19,26H,11-13H2,1-6H3. The fourth-order valence-corrected chi connectivity index (χ4v) is 6.40. The Bertz CT molecular complexity index is 1200. The van der Waals surface area contributed by atoms with Gasteiger partial charge in [0.05, 0.1) is 16.2 Å². The van der Waals surface area contributed by atoms with Crippen molar-refractivity contribution in [3.63, 3.8) is 0 Å². The normalized spacial score (nSPS) is 20.1. The highest BCUT2D eigenvalue weighted by atomic mass is 32.2. The van der Waals surface area contributed by atoms with Crippen LogP contribution in [0.2, 0.25) is 0 Å². The number of piperidine rings is 1. The maximum absolute atomic E-state index is 13.0. The lowest BCUT2D eigenvalue weighted by molar-refractivity contribution is 0.0317. The summed E-state index contributed by atoms with van der Waals surface area (Å²) in [6, 6.07) is 5.56. The highest BCUT2D eigenvalue weighted by Gasteiger charge is 2.32. The highest BCUT2D eigenvalue weighted by Crippen LogP contribution is 2.27. The molecule has 1 aromatic carbocycles. The average Bonchev–Trinajstić information content (AvgIpc) is 3.06. The van der Waals surface area contributed by atoms with E-state index in [0.29, 0.717) is 29.9 Å². The molecular formula is C25H32N2O6S. The Hall–Kier alpha value is -2.78. The van der Waals surface area contributed by atoms with E-state index in [-0.39, 0.29) is 33.8 Å². The number of H-pyrrole nitrogens is 1. The second-order valence-electron chi connectivity index (χ2n) is 9.39. The fraction of sp³-hybridized carbons (Fsp3) is 0.480. The monoisotopic (exact) mass is 488 g/mol. The molecule has 1 fully saturated rings. The quantitative estimate of drug-likeness (QED) is 0.467. The number of ether oxygens (including phenoxy) is 1. The van der Waals surface area contributed by atoms with E-state index in [1.54, 1.807) is 13.8 Å². The van der Waals surface area contributed by atoms with Gasteiger partial charge < -0.3 is 9.72 Å². The number of aromatic nitrogens is 1. The first-order chi connectivity index (χ1) is 15.8. The molecule has 8 nitrogen and oxygen atoms in total. The van der Waals surface area contributed by atoms with Crippen LogP contribution in [0.5, 0.6) is 0 Å². The number of sulfonamides is 1. The summed E-state index contributed by atoms with van der Waals surface area (Å²) in [5.74, 6) is -0.777. The molecule has 0 saturated carbocycles. The minimum atomic E-state index is -3.66. The van der Waals surface area contributed by atoms with Gasteiger partial charge in [0.1, 0.15) is 0 Å². The van der Waals surface area contributed by atoms with Gasteiger partial charge in [-0.3, -0.25) is 9.59 Å². The molecule has 3 atom stereocenters. The van der Waals surface area contributed by atoms with E-state index in [9.17, 15) is 22.8 Å². The molecule has 9 heteroatoms. The zero-order valence-corrected chi connectivity index (χ0v) is 21.3. The maximum atomic E-state index is 13.0. The lowest BCUT2D eigenvalue weighted by Crippen LogP contribution is -2.42. The molecule has 0 amide bonds. The van der Waals surface area contributed by atoms with Crippen molar-refractivity contribution >= 4 is 27.6 Å². The van der Waals surface area contributed by atoms with Gasteiger partial charge >= 0.3 is 5.97 Å². The van der Waals surface area contributed by atoms with Gasteiger partial charge in [-0.1, -0.05) is 13.8 Å². The second-order valence-corrected chi connectivity index (χ2v) is 11.3. The molecule has 1 N–H and O–H groups in total. The zero-order valence-electron chi connectivity index (χ0n) is 20.5. The number of nitrogens with one attached hydrogen (secondary N) is 1. The average molecular weight is 489 g/mol. The van der Waals surface area contributed by atoms with E-state index in [1.165, 1.54) is 42.4 Å². The predicted octanol–water partition coefficient (Wildman–Crippen LogP) is 3.93. The van der Waals surface area contributed by atoms with E-state index in [1.807, 2.05) is 13.8 Å². The SMILES string of the molecule is CC(=O)c1c(C)[nH]c(C(=O)C(C)OC(=O)c2ccc(S(=O)(=O)N3CC(C)CC(C)C3)cc2)c1C. The van der Waals surface area contributed by atoms with Crippen molar-refractivity contribution in [1.82, 2.24) is 9.29 Å². The van der Waals surface area contributed by atoms with Crippen LogP contribution in [-0.4, -0.2) is 54.4 Å². The summed E-state index contributed by atoms with van der Waals surface area (Å²) in [7, 11) is -3.66. The number of hydrogen-bond donors (Lipinski definition) is 1. The van der Waals surface area contributed by atoms with E-state index < -0.39 is 27.9 Å². The molecular weight excluding hydrogens is 456 g/mol. The number of hydrogen-bond acceptors (Lipinski definition) is 6. The number of ketones is 2. The van der Waals surface area contributed by atoms with Crippen molar-refractivity contribution in [3.05, 3.63) is 52.3 Å². The van der Waals surface area contributed by atoms with E-state index >= 15 is 0 Å². The van der Waals surface area contributed by atoms with E-state index in [2.05, 4.69) is 4.98 Å². The number of aryl methyl sites for hydroxylation is 1. The number of aromatic amines is 1. The number of benzene rings is 1. The van der Waals surface area contributed by atoms with Crippen LogP contribution in [0.15, 0.2) is 29.2 Å². The number of nitrogens with zero attached hydrogens (tertiary/aromatic N) is 1. The maximum Gasteiger partial charge on any atom is 0.338 e. The van der Waals surface area contributed by atoms with Crippen LogP contribution in [0.1, 0.15) is 76.6 Å². The van der Waals surface area contributed by atoms with Crippen molar-refractivity contribution in [1.29, 1.82) is 0 Å². The zero-order chi connectivity index (χ0) is 25.4. The Balaban J connectivity index is 1.72. The fourth-order valence-electron chi connectivity index (χ4n) is 4.72. The van der Waals surface area contributed by atoms with Crippen LogP contribution in [0.25, 0.3) is 0 Å². The molecule has 0 radical (unpaired) electrons. The minimum Gasteiger partial charge on any atom is -0.451 e. The van der Waals surface area contributed by atoms with Crippen LogP contribution < -0.4 is 0 Å². The lowest BCUT2D eigenvalue weighted by Gasteiger charge is -2.34. The first-order valence-electron chi connectivity index (χ1n) is 11.4. The molecule has 0 bridgehead atoms. The van der Waals surface area contributed by atoms with E-state index in [4.69, 9.17) is 4.74 Å². The van der Waals surface area contributed by atoms with Crippen molar-refractivity contribution in [3.8, 4) is 0 Å². The first kappa shape index (κ1) is 25.8. The van der Waals surface area contributed by atoms with Crippen molar-refractivity contribution in [2.45, 2.75) is 59.0 Å². The first-order valence-corrected chi connectivity index (χ1v) is 12.8. The van der Waals surface area contributed by atoms with E-state index in [0.717, 1.165) is 6.42 Å². The van der Waals surface area contributed by atoms with Gasteiger partial charge in [0.15, 0.2) is 11.9 Å². The number of esters is 1. The molecule has 0 aliphatic carbocycles. The molecule has 3 unspecified atom stereocenters. The molecule has 2 heterocycles. The van der Waals surface area contributed by atoms with Gasteiger partial charge in [-0.25, -0.2) is 13.2 Å². The summed E-state index contributed by atoms with van der Waals surface area (Å²) in [6.45, 7) is 11.3.